The zero-order valence-corrected chi connectivity index (χ0v) is 14.0. The molecule has 5 atom stereocenters. The number of benzene rings is 1. The van der Waals surface area contributed by atoms with Gasteiger partial charge in [0.05, 0.1) is 0 Å². The zero-order chi connectivity index (χ0) is 15.7. The normalized spacial score (nSPS) is 31.0. The fraction of sp³-hybridized carbons (Fsp3) is 0.611. The minimum atomic E-state index is -0.588. The third-order valence-corrected chi connectivity index (χ3v) is 5.34. The van der Waals surface area contributed by atoms with Crippen LogP contribution in [-0.2, 0) is 4.74 Å². The number of halogens is 1. The molecule has 0 radical (unpaired) electrons. The van der Waals surface area contributed by atoms with Gasteiger partial charge in [-0.1, -0.05) is 41.9 Å². The highest BCUT2D eigenvalue weighted by Crippen LogP contribution is 2.54. The summed E-state index contributed by atoms with van der Waals surface area (Å²) in [6.45, 7) is 4.37. The molecule has 2 bridgehead atoms. The van der Waals surface area contributed by atoms with Gasteiger partial charge in [0.15, 0.2) is 5.56 Å². The number of carbonyl (C=O) groups excluding carboxylic acids is 1. The summed E-state index contributed by atoms with van der Waals surface area (Å²) in [6, 6.07) is 10.9. The second-order valence-corrected chi connectivity index (χ2v) is 7.09. The molecule has 2 fully saturated rings. The van der Waals surface area contributed by atoms with Crippen LogP contribution in [0.2, 0.25) is 0 Å². The van der Waals surface area contributed by atoms with Crippen molar-refractivity contribution in [3.63, 3.8) is 0 Å². The lowest BCUT2D eigenvalue weighted by Gasteiger charge is -2.39. The minimum absolute atomic E-state index is 0.245. The van der Waals surface area contributed by atoms with Crippen molar-refractivity contribution in [3.8, 4) is 0 Å². The second-order valence-electron chi connectivity index (χ2n) is 6.47. The van der Waals surface area contributed by atoms with Crippen LogP contribution in [0.1, 0.15) is 44.6 Å². The molecule has 22 heavy (non-hydrogen) atoms. The molecule has 2 saturated carbocycles. The van der Waals surface area contributed by atoms with E-state index in [1.807, 2.05) is 17.9 Å². The first-order valence-corrected chi connectivity index (χ1v) is 8.71. The molecular weight excluding hydrogens is 298 g/mol. The average Bonchev–Trinajstić information content (AvgIpc) is 3.09. The topological polar surface area (TPSA) is 29.5 Å². The van der Waals surface area contributed by atoms with E-state index >= 15 is 0 Å². The van der Waals surface area contributed by atoms with Crippen LogP contribution in [-0.4, -0.2) is 29.1 Å². The lowest BCUT2D eigenvalue weighted by Crippen LogP contribution is -2.47. The Morgan fingerprint density at radius 2 is 2.00 bits per heavy atom. The molecule has 3 nitrogen and oxygen atoms in total. The minimum Gasteiger partial charge on any atom is -0.430 e. The molecule has 0 heterocycles. The smallest absolute Gasteiger partial charge is 0.411 e. The number of alkyl halides is 1. The standard InChI is InChI=1S/C18H24ClNO2/c1-3-20(18(21)22-12(2)19)17-15-10-9-14(11-15)16(17)13-7-5-4-6-8-13/h4-8,12,14-17H,3,9-11H2,1-2H3. The van der Waals surface area contributed by atoms with Gasteiger partial charge in [0.25, 0.3) is 0 Å². The Balaban J connectivity index is 1.87. The molecule has 1 aromatic carbocycles. The van der Waals surface area contributed by atoms with Crippen LogP contribution in [0.3, 0.4) is 0 Å². The molecule has 0 aromatic heterocycles. The molecule has 0 aliphatic heterocycles. The van der Waals surface area contributed by atoms with Crippen molar-refractivity contribution in [3.05, 3.63) is 35.9 Å². The van der Waals surface area contributed by atoms with E-state index in [4.69, 9.17) is 16.3 Å². The van der Waals surface area contributed by atoms with Gasteiger partial charge in [0.1, 0.15) is 0 Å². The number of fused-ring (bicyclic) bond motifs is 2. The quantitative estimate of drug-likeness (QED) is 0.758. The van der Waals surface area contributed by atoms with Crippen LogP contribution >= 0.6 is 11.6 Å². The van der Waals surface area contributed by atoms with Gasteiger partial charge in [-0.2, -0.15) is 0 Å². The molecule has 0 N–H and O–H groups in total. The maximum Gasteiger partial charge on any atom is 0.411 e. The third kappa shape index (κ3) is 2.83. The molecule has 120 valence electrons. The highest BCUT2D eigenvalue weighted by molar-refractivity contribution is 6.19. The van der Waals surface area contributed by atoms with Crippen molar-refractivity contribution in [2.45, 2.75) is 50.6 Å². The summed E-state index contributed by atoms with van der Waals surface area (Å²) >= 11 is 5.84. The first kappa shape index (κ1) is 15.7. The molecular formula is C18H24ClNO2. The Morgan fingerprint density at radius 3 is 2.64 bits per heavy atom. The van der Waals surface area contributed by atoms with E-state index in [1.165, 1.54) is 24.8 Å². The van der Waals surface area contributed by atoms with Gasteiger partial charge in [-0.05, 0) is 50.5 Å². The Morgan fingerprint density at radius 1 is 1.32 bits per heavy atom. The number of hydrogen-bond donors (Lipinski definition) is 0. The summed E-state index contributed by atoms with van der Waals surface area (Å²) in [5.41, 5.74) is 0.764. The number of ether oxygens (including phenoxy) is 1. The van der Waals surface area contributed by atoms with Crippen molar-refractivity contribution >= 4 is 17.7 Å². The van der Waals surface area contributed by atoms with Gasteiger partial charge in [0, 0.05) is 18.5 Å². The number of nitrogens with zero attached hydrogens (tertiary/aromatic N) is 1. The van der Waals surface area contributed by atoms with Gasteiger partial charge in [0.2, 0.25) is 0 Å². The van der Waals surface area contributed by atoms with E-state index in [0.29, 0.717) is 24.3 Å². The van der Waals surface area contributed by atoms with E-state index in [1.54, 1.807) is 6.92 Å². The highest BCUT2D eigenvalue weighted by atomic mass is 35.5. The van der Waals surface area contributed by atoms with Crippen LogP contribution in [0.5, 0.6) is 0 Å². The first-order valence-electron chi connectivity index (χ1n) is 8.28. The predicted octanol–water partition coefficient (Wildman–Crippen LogP) is 4.61. The molecule has 4 heteroatoms. The van der Waals surface area contributed by atoms with Gasteiger partial charge in [-0.15, -0.1) is 0 Å². The molecule has 1 aromatic rings. The fourth-order valence-corrected chi connectivity index (χ4v) is 4.60. The summed E-state index contributed by atoms with van der Waals surface area (Å²) in [6.07, 6.45) is 3.45. The number of rotatable bonds is 4. The second kappa shape index (κ2) is 6.49. The van der Waals surface area contributed by atoms with Crippen LogP contribution in [0.25, 0.3) is 0 Å². The molecule has 5 unspecified atom stereocenters. The first-order chi connectivity index (χ1) is 10.6. The fourth-order valence-electron chi connectivity index (χ4n) is 4.52. The third-order valence-electron chi connectivity index (χ3n) is 5.26. The molecule has 0 spiro atoms. The monoisotopic (exact) mass is 321 g/mol. The number of hydrogen-bond acceptors (Lipinski definition) is 2. The Labute approximate surface area is 137 Å². The Kier molecular flexibility index (Phi) is 4.62. The maximum atomic E-state index is 12.4. The van der Waals surface area contributed by atoms with Gasteiger partial charge in [-0.25, -0.2) is 4.79 Å². The van der Waals surface area contributed by atoms with Crippen molar-refractivity contribution in [1.82, 2.24) is 4.90 Å². The maximum absolute atomic E-state index is 12.4. The van der Waals surface area contributed by atoms with Gasteiger partial charge in [-0.3, -0.25) is 0 Å². The molecule has 0 saturated heterocycles. The lowest BCUT2D eigenvalue weighted by atomic mass is 9.79. The molecule has 2 aliphatic carbocycles. The van der Waals surface area contributed by atoms with Crippen molar-refractivity contribution < 1.29 is 9.53 Å². The SMILES string of the molecule is CCN(C(=O)OC(C)Cl)C1C2CCC(C2)C1c1ccccc1. The summed E-state index contributed by atoms with van der Waals surface area (Å²) in [4.78, 5) is 14.3. The zero-order valence-electron chi connectivity index (χ0n) is 13.2. The molecule has 1 amide bonds. The summed E-state index contributed by atoms with van der Waals surface area (Å²) in [5.74, 6) is 1.71. The highest BCUT2D eigenvalue weighted by Gasteiger charge is 2.51. The number of carbonyl (C=O) groups is 1. The van der Waals surface area contributed by atoms with E-state index in [-0.39, 0.29) is 12.1 Å². The molecule has 2 aliphatic rings. The lowest BCUT2D eigenvalue weighted by molar-refractivity contribution is 0.0642. The van der Waals surface area contributed by atoms with Crippen LogP contribution in [0.15, 0.2) is 30.3 Å². The number of likely N-dealkylation sites (N-methyl/N-ethyl adjacent to an activating group) is 1. The Bertz CT molecular complexity index is 519. The summed E-state index contributed by atoms with van der Waals surface area (Å²) < 4.78 is 5.26. The van der Waals surface area contributed by atoms with Crippen molar-refractivity contribution in [2.24, 2.45) is 11.8 Å². The van der Waals surface area contributed by atoms with Gasteiger partial charge < -0.3 is 9.64 Å². The van der Waals surface area contributed by atoms with Crippen molar-refractivity contribution in [1.29, 1.82) is 0 Å². The summed E-state index contributed by atoms with van der Waals surface area (Å²) in [7, 11) is 0. The summed E-state index contributed by atoms with van der Waals surface area (Å²) in [5, 5.41) is 0. The largest absolute Gasteiger partial charge is 0.430 e. The van der Waals surface area contributed by atoms with Crippen LogP contribution < -0.4 is 0 Å². The van der Waals surface area contributed by atoms with Crippen molar-refractivity contribution in [2.75, 3.05) is 6.54 Å². The molecule has 3 rings (SSSR count). The van der Waals surface area contributed by atoms with E-state index < -0.39 is 5.56 Å². The van der Waals surface area contributed by atoms with E-state index in [9.17, 15) is 4.79 Å². The van der Waals surface area contributed by atoms with E-state index in [2.05, 4.69) is 24.3 Å². The number of amides is 1. The van der Waals surface area contributed by atoms with Crippen LogP contribution in [0, 0.1) is 11.8 Å². The van der Waals surface area contributed by atoms with Crippen LogP contribution in [0.4, 0.5) is 4.79 Å². The average molecular weight is 322 g/mol. The Hall–Kier alpha value is -1.22. The van der Waals surface area contributed by atoms with Gasteiger partial charge >= 0.3 is 6.09 Å². The van der Waals surface area contributed by atoms with E-state index in [0.717, 1.165) is 0 Å². The predicted molar refractivity (Wildman–Crippen MR) is 88.0 cm³/mol.